The first kappa shape index (κ1) is 12.8. The molecule has 3 rings (SSSR count). The number of allylic oxidation sites excluding steroid dienone is 1. The molecule has 98 valence electrons. The fraction of sp³-hybridized carbons (Fsp3) is 0.467. The molecule has 1 N–H and O–H groups in total. The van der Waals surface area contributed by atoms with E-state index in [-0.39, 0.29) is 0 Å². The van der Waals surface area contributed by atoms with E-state index >= 15 is 0 Å². The lowest BCUT2D eigenvalue weighted by Gasteiger charge is -2.35. The summed E-state index contributed by atoms with van der Waals surface area (Å²) in [6, 6.07) is 4.62. The second-order valence-corrected chi connectivity index (χ2v) is 6.04. The van der Waals surface area contributed by atoms with Gasteiger partial charge in [-0.1, -0.05) is 6.08 Å². The minimum atomic E-state index is 0.506. The van der Waals surface area contributed by atoms with Gasteiger partial charge in [0.05, 0.1) is 5.56 Å². The molecule has 2 aliphatic rings. The molecule has 0 saturated carbocycles. The molecular formula is C15H16BrN3. The maximum atomic E-state index is 9.08. The molecule has 0 bridgehead atoms. The molecule has 1 aromatic heterocycles. The molecular weight excluding hydrogens is 302 g/mol. The van der Waals surface area contributed by atoms with Crippen LogP contribution in [0.1, 0.15) is 36.8 Å². The number of piperidine rings is 1. The van der Waals surface area contributed by atoms with Crippen molar-refractivity contribution in [2.24, 2.45) is 5.92 Å². The lowest BCUT2D eigenvalue weighted by molar-refractivity contribution is 0.298. The van der Waals surface area contributed by atoms with Gasteiger partial charge >= 0.3 is 0 Å². The van der Waals surface area contributed by atoms with Gasteiger partial charge in [0.2, 0.25) is 0 Å². The third-order valence-electron chi connectivity index (χ3n) is 4.14. The third kappa shape index (κ3) is 2.58. The summed E-state index contributed by atoms with van der Waals surface area (Å²) in [5, 5.41) is 12.7. The fourth-order valence-corrected chi connectivity index (χ4v) is 3.39. The Hall–Kier alpha value is -1.18. The number of fused-ring (bicyclic) bond motifs is 1. The predicted octanol–water partition coefficient (Wildman–Crippen LogP) is 3.26. The highest BCUT2D eigenvalue weighted by molar-refractivity contribution is 9.10. The van der Waals surface area contributed by atoms with Crippen molar-refractivity contribution in [3.05, 3.63) is 34.1 Å². The van der Waals surface area contributed by atoms with Gasteiger partial charge in [0.1, 0.15) is 10.7 Å². The normalized spacial score (nSPS) is 26.2. The number of halogens is 1. The summed E-state index contributed by atoms with van der Waals surface area (Å²) in [7, 11) is 0. The van der Waals surface area contributed by atoms with Crippen molar-refractivity contribution in [1.29, 1.82) is 5.26 Å². The zero-order chi connectivity index (χ0) is 13.2. The van der Waals surface area contributed by atoms with Crippen molar-refractivity contribution in [3.63, 3.8) is 0 Å². The fourth-order valence-electron chi connectivity index (χ4n) is 3.08. The summed E-state index contributed by atoms with van der Waals surface area (Å²) in [6.07, 6.45) is 9.17. The van der Waals surface area contributed by atoms with Crippen LogP contribution in [0.25, 0.3) is 5.57 Å². The molecule has 19 heavy (non-hydrogen) atoms. The van der Waals surface area contributed by atoms with Crippen molar-refractivity contribution in [3.8, 4) is 6.07 Å². The maximum absolute atomic E-state index is 9.08. The van der Waals surface area contributed by atoms with Crippen LogP contribution in [0, 0.1) is 17.2 Å². The zero-order valence-electron chi connectivity index (χ0n) is 10.7. The summed E-state index contributed by atoms with van der Waals surface area (Å²) in [4.78, 5) is 4.26. The van der Waals surface area contributed by atoms with E-state index in [1.807, 2.05) is 12.3 Å². The highest BCUT2D eigenvalue weighted by Crippen LogP contribution is 2.34. The van der Waals surface area contributed by atoms with Crippen LogP contribution >= 0.6 is 15.9 Å². The summed E-state index contributed by atoms with van der Waals surface area (Å²) in [5.41, 5.74) is 3.02. The Kier molecular flexibility index (Phi) is 3.67. The van der Waals surface area contributed by atoms with Crippen LogP contribution in [0.5, 0.6) is 0 Å². The van der Waals surface area contributed by atoms with E-state index < -0.39 is 0 Å². The topological polar surface area (TPSA) is 48.7 Å². The van der Waals surface area contributed by atoms with Crippen LogP contribution < -0.4 is 5.32 Å². The minimum absolute atomic E-state index is 0.506. The van der Waals surface area contributed by atoms with Crippen LogP contribution in [-0.2, 0) is 0 Å². The standard InChI is InChI=1S/C15H16BrN3/c16-15-12(8-17)6-13(9-19-15)11-4-3-10-2-1-5-18-14(10)7-11/h6-7,9-10,14,18H,1-5H2/t10-,14+/m0/s1. The van der Waals surface area contributed by atoms with Gasteiger partial charge in [0, 0.05) is 12.2 Å². The van der Waals surface area contributed by atoms with Crippen LogP contribution in [0.3, 0.4) is 0 Å². The quantitative estimate of drug-likeness (QED) is 0.809. The Labute approximate surface area is 121 Å². The van der Waals surface area contributed by atoms with Crippen LogP contribution in [0.2, 0.25) is 0 Å². The summed E-state index contributed by atoms with van der Waals surface area (Å²) in [6.45, 7) is 1.12. The predicted molar refractivity (Wildman–Crippen MR) is 78.4 cm³/mol. The number of nitrogens with one attached hydrogen (secondary N) is 1. The van der Waals surface area contributed by atoms with Crippen LogP contribution in [0.4, 0.5) is 0 Å². The summed E-state index contributed by atoms with van der Waals surface area (Å²) >= 11 is 3.30. The van der Waals surface area contributed by atoms with E-state index in [9.17, 15) is 0 Å². The first-order valence-electron chi connectivity index (χ1n) is 6.78. The van der Waals surface area contributed by atoms with E-state index in [1.165, 1.54) is 24.8 Å². The zero-order valence-corrected chi connectivity index (χ0v) is 12.3. The van der Waals surface area contributed by atoms with Gasteiger partial charge in [0.15, 0.2) is 0 Å². The number of nitriles is 1. The van der Waals surface area contributed by atoms with Gasteiger partial charge in [-0.2, -0.15) is 5.26 Å². The first-order valence-corrected chi connectivity index (χ1v) is 7.57. The summed E-state index contributed by atoms with van der Waals surface area (Å²) in [5.74, 6) is 0.788. The van der Waals surface area contributed by atoms with Crippen molar-refractivity contribution in [1.82, 2.24) is 10.3 Å². The molecule has 4 heteroatoms. The first-order chi connectivity index (χ1) is 9.28. The van der Waals surface area contributed by atoms with Crippen molar-refractivity contribution < 1.29 is 0 Å². The Morgan fingerprint density at radius 2 is 2.32 bits per heavy atom. The number of rotatable bonds is 1. The molecule has 0 radical (unpaired) electrons. The Morgan fingerprint density at radius 3 is 3.16 bits per heavy atom. The average molecular weight is 318 g/mol. The van der Waals surface area contributed by atoms with Gasteiger partial charge in [-0.25, -0.2) is 4.98 Å². The van der Waals surface area contributed by atoms with E-state index in [4.69, 9.17) is 5.26 Å². The number of pyridine rings is 1. The number of hydrogen-bond donors (Lipinski definition) is 1. The average Bonchev–Trinajstić information content (AvgIpc) is 2.47. The van der Waals surface area contributed by atoms with Crippen molar-refractivity contribution in [2.75, 3.05) is 6.54 Å². The number of aromatic nitrogens is 1. The molecule has 0 spiro atoms. The molecule has 0 unspecified atom stereocenters. The molecule has 1 aliphatic heterocycles. The Balaban J connectivity index is 1.90. The molecule has 1 aromatic rings. The lowest BCUT2D eigenvalue weighted by atomic mass is 9.79. The largest absolute Gasteiger partial charge is 0.310 e. The van der Waals surface area contributed by atoms with Gasteiger partial charge in [-0.3, -0.25) is 0 Å². The van der Waals surface area contributed by atoms with E-state index in [2.05, 4.69) is 38.4 Å². The highest BCUT2D eigenvalue weighted by Gasteiger charge is 2.27. The monoisotopic (exact) mass is 317 g/mol. The third-order valence-corrected chi connectivity index (χ3v) is 4.77. The highest BCUT2D eigenvalue weighted by atomic mass is 79.9. The van der Waals surface area contributed by atoms with E-state index in [1.54, 1.807) is 0 Å². The molecule has 0 amide bonds. The van der Waals surface area contributed by atoms with Crippen molar-refractivity contribution in [2.45, 2.75) is 31.7 Å². The smallest absolute Gasteiger partial charge is 0.123 e. The SMILES string of the molecule is N#Cc1cc(C2=C[C@H]3NCCC[C@H]3CC2)cnc1Br. The van der Waals surface area contributed by atoms with Gasteiger partial charge in [0.25, 0.3) is 0 Å². The molecule has 2 atom stereocenters. The number of hydrogen-bond acceptors (Lipinski definition) is 3. The molecule has 2 heterocycles. The molecule has 1 saturated heterocycles. The molecule has 1 fully saturated rings. The summed E-state index contributed by atoms with van der Waals surface area (Å²) < 4.78 is 0.629. The van der Waals surface area contributed by atoms with Crippen molar-refractivity contribution >= 4 is 21.5 Å². The molecule has 1 aliphatic carbocycles. The van der Waals surface area contributed by atoms with Gasteiger partial charge in [-0.05, 0) is 71.3 Å². The van der Waals surface area contributed by atoms with E-state index in [0.29, 0.717) is 16.2 Å². The minimum Gasteiger partial charge on any atom is -0.310 e. The molecule has 0 aromatic carbocycles. The van der Waals surface area contributed by atoms with Crippen LogP contribution in [0.15, 0.2) is 22.9 Å². The maximum Gasteiger partial charge on any atom is 0.123 e. The van der Waals surface area contributed by atoms with Gasteiger partial charge in [-0.15, -0.1) is 0 Å². The molecule has 3 nitrogen and oxygen atoms in total. The lowest BCUT2D eigenvalue weighted by Crippen LogP contribution is -2.41. The second kappa shape index (κ2) is 5.44. The van der Waals surface area contributed by atoms with Gasteiger partial charge < -0.3 is 5.32 Å². The van der Waals surface area contributed by atoms with E-state index in [0.717, 1.165) is 24.4 Å². The Morgan fingerprint density at radius 1 is 1.42 bits per heavy atom. The number of nitrogens with zero attached hydrogens (tertiary/aromatic N) is 2. The second-order valence-electron chi connectivity index (χ2n) is 5.29. The Bertz CT molecular complexity index is 559. The van der Waals surface area contributed by atoms with Crippen LogP contribution in [-0.4, -0.2) is 17.6 Å².